The summed E-state index contributed by atoms with van der Waals surface area (Å²) < 4.78 is 5.67. The van der Waals surface area contributed by atoms with Gasteiger partial charge in [0.25, 0.3) is 0 Å². The van der Waals surface area contributed by atoms with Gasteiger partial charge in [-0.25, -0.2) is 4.99 Å². The number of hydrogen-bond acceptors (Lipinski definition) is 3. The molecule has 156 valence electrons. The number of ether oxygens (including phenoxy) is 1. The molecule has 0 radical (unpaired) electrons. The molecule has 2 aromatic rings. The van der Waals surface area contributed by atoms with Crippen LogP contribution in [0.4, 0.5) is 11.4 Å². The number of rotatable bonds is 7. The van der Waals surface area contributed by atoms with Gasteiger partial charge in [0.1, 0.15) is 5.75 Å². The van der Waals surface area contributed by atoms with Crippen molar-refractivity contribution in [2.24, 2.45) is 4.99 Å². The molecule has 3 rings (SSSR count). The first-order chi connectivity index (χ1) is 14.5. The van der Waals surface area contributed by atoms with Gasteiger partial charge in [0.05, 0.1) is 19.2 Å². The molecule has 1 heterocycles. The van der Waals surface area contributed by atoms with Crippen molar-refractivity contribution >= 4 is 23.2 Å². The lowest BCUT2D eigenvalue weighted by Gasteiger charge is -2.16. The highest BCUT2D eigenvalue weighted by molar-refractivity contribution is 5.95. The number of aliphatic imine (C=N–C) groups is 1. The maximum absolute atomic E-state index is 11.9. The number of benzene rings is 2. The van der Waals surface area contributed by atoms with Gasteiger partial charge in [0, 0.05) is 24.3 Å². The van der Waals surface area contributed by atoms with Gasteiger partial charge in [0.15, 0.2) is 5.96 Å². The molecule has 1 saturated heterocycles. The number of nitrogens with zero attached hydrogens (tertiary/aromatic N) is 2. The number of terminal acetylenes is 1. The zero-order chi connectivity index (χ0) is 21.3. The fourth-order valence-electron chi connectivity index (χ4n) is 3.17. The van der Waals surface area contributed by atoms with Crippen molar-refractivity contribution in [2.45, 2.75) is 39.3 Å². The second-order valence-electron chi connectivity index (χ2n) is 7.35. The molecule has 6 heteroatoms. The Morgan fingerprint density at radius 1 is 1.20 bits per heavy atom. The lowest BCUT2D eigenvalue weighted by atomic mass is 10.2. The third-order valence-electron chi connectivity index (χ3n) is 4.59. The summed E-state index contributed by atoms with van der Waals surface area (Å²) in [5.74, 6) is 4.18. The molecular weight excluding hydrogens is 376 g/mol. The van der Waals surface area contributed by atoms with Crippen LogP contribution in [0, 0.1) is 12.3 Å². The first-order valence-corrected chi connectivity index (χ1v) is 10.2. The molecule has 0 unspecified atom stereocenters. The maximum atomic E-state index is 11.9. The zero-order valence-electron chi connectivity index (χ0n) is 17.5. The topological polar surface area (TPSA) is 66.0 Å². The van der Waals surface area contributed by atoms with E-state index in [0.717, 1.165) is 35.7 Å². The van der Waals surface area contributed by atoms with E-state index in [2.05, 4.69) is 21.5 Å². The van der Waals surface area contributed by atoms with Crippen LogP contribution in [0.25, 0.3) is 0 Å². The third kappa shape index (κ3) is 6.02. The lowest BCUT2D eigenvalue weighted by Crippen LogP contribution is -2.31. The van der Waals surface area contributed by atoms with Gasteiger partial charge in [-0.3, -0.25) is 4.79 Å². The molecule has 0 aliphatic carbocycles. The third-order valence-corrected chi connectivity index (χ3v) is 4.59. The number of hydrogen-bond donors (Lipinski definition) is 2. The SMILES string of the molecule is C#CCNC(=NCc1ccc(N2CCCC2=O)cc1)Nc1ccc(OC(C)C)cc1. The molecule has 0 atom stereocenters. The van der Waals surface area contributed by atoms with E-state index in [1.54, 1.807) is 0 Å². The van der Waals surface area contributed by atoms with Crippen molar-refractivity contribution in [1.29, 1.82) is 0 Å². The monoisotopic (exact) mass is 404 g/mol. The summed E-state index contributed by atoms with van der Waals surface area (Å²) in [5, 5.41) is 6.38. The van der Waals surface area contributed by atoms with E-state index >= 15 is 0 Å². The summed E-state index contributed by atoms with van der Waals surface area (Å²) in [6.45, 7) is 5.65. The molecule has 6 nitrogen and oxygen atoms in total. The number of carbonyl (C=O) groups excluding carboxylic acids is 1. The average molecular weight is 405 g/mol. The normalized spacial score (nSPS) is 14.0. The predicted molar refractivity (Wildman–Crippen MR) is 122 cm³/mol. The van der Waals surface area contributed by atoms with E-state index in [1.807, 2.05) is 67.3 Å². The Morgan fingerprint density at radius 3 is 2.53 bits per heavy atom. The number of guanidine groups is 1. The van der Waals surface area contributed by atoms with Gasteiger partial charge in [-0.05, 0) is 62.2 Å². The van der Waals surface area contributed by atoms with E-state index in [1.165, 1.54) is 0 Å². The van der Waals surface area contributed by atoms with Crippen LogP contribution in [0.1, 0.15) is 32.3 Å². The fraction of sp³-hybridized carbons (Fsp3) is 0.333. The van der Waals surface area contributed by atoms with Crippen LogP contribution in [0.2, 0.25) is 0 Å². The molecule has 0 spiro atoms. The number of anilines is 2. The highest BCUT2D eigenvalue weighted by Crippen LogP contribution is 2.22. The van der Waals surface area contributed by atoms with Crippen LogP contribution >= 0.6 is 0 Å². The first-order valence-electron chi connectivity index (χ1n) is 10.2. The molecule has 30 heavy (non-hydrogen) atoms. The molecule has 1 fully saturated rings. The van der Waals surface area contributed by atoms with E-state index in [4.69, 9.17) is 11.2 Å². The summed E-state index contributed by atoms with van der Waals surface area (Å²) in [7, 11) is 0. The summed E-state index contributed by atoms with van der Waals surface area (Å²) >= 11 is 0. The Kier molecular flexibility index (Phi) is 7.34. The Balaban J connectivity index is 1.64. The Bertz CT molecular complexity index is 912. The average Bonchev–Trinajstić information content (AvgIpc) is 3.17. The Labute approximate surface area is 178 Å². The van der Waals surface area contributed by atoms with Crippen LogP contribution < -0.4 is 20.3 Å². The minimum Gasteiger partial charge on any atom is -0.491 e. The number of amides is 1. The second kappa shape index (κ2) is 10.4. The standard InChI is InChI=1S/C24H28N4O2/c1-4-15-25-24(27-20-9-13-22(14-10-20)30-18(2)3)26-17-19-7-11-21(12-8-19)28-16-5-6-23(28)29/h1,7-14,18H,5-6,15-17H2,2-3H3,(H2,25,26,27). The van der Waals surface area contributed by atoms with Gasteiger partial charge in [0.2, 0.25) is 5.91 Å². The second-order valence-corrected chi connectivity index (χ2v) is 7.35. The van der Waals surface area contributed by atoms with E-state index < -0.39 is 0 Å². The molecule has 1 amide bonds. The van der Waals surface area contributed by atoms with E-state index in [-0.39, 0.29) is 12.0 Å². The van der Waals surface area contributed by atoms with Crippen molar-refractivity contribution in [3.8, 4) is 18.1 Å². The van der Waals surface area contributed by atoms with Crippen molar-refractivity contribution in [3.05, 3.63) is 54.1 Å². The fourth-order valence-corrected chi connectivity index (χ4v) is 3.17. The largest absolute Gasteiger partial charge is 0.491 e. The molecule has 1 aliphatic heterocycles. The van der Waals surface area contributed by atoms with Gasteiger partial charge in [-0.1, -0.05) is 18.1 Å². The molecule has 1 aliphatic rings. The quantitative estimate of drug-likeness (QED) is 0.419. The van der Waals surface area contributed by atoms with Crippen LogP contribution in [0.5, 0.6) is 5.75 Å². The highest BCUT2D eigenvalue weighted by Gasteiger charge is 2.21. The molecule has 2 N–H and O–H groups in total. The van der Waals surface area contributed by atoms with Crippen molar-refractivity contribution in [3.63, 3.8) is 0 Å². The first kappa shape index (κ1) is 21.3. The summed E-state index contributed by atoms with van der Waals surface area (Å²) in [4.78, 5) is 18.3. The van der Waals surface area contributed by atoms with Crippen molar-refractivity contribution in [2.75, 3.05) is 23.3 Å². The minimum atomic E-state index is 0.133. The van der Waals surface area contributed by atoms with Gasteiger partial charge in [-0.2, -0.15) is 0 Å². The molecule has 0 bridgehead atoms. The minimum absolute atomic E-state index is 0.133. The molecule has 0 saturated carbocycles. The maximum Gasteiger partial charge on any atom is 0.227 e. The number of nitrogens with one attached hydrogen (secondary N) is 2. The summed E-state index contributed by atoms with van der Waals surface area (Å²) in [6.07, 6.45) is 7.07. The van der Waals surface area contributed by atoms with Crippen LogP contribution in [-0.4, -0.2) is 31.1 Å². The van der Waals surface area contributed by atoms with Crippen LogP contribution in [-0.2, 0) is 11.3 Å². The number of carbonyl (C=O) groups is 1. The molecule has 0 aromatic heterocycles. The van der Waals surface area contributed by atoms with Crippen LogP contribution in [0.15, 0.2) is 53.5 Å². The van der Waals surface area contributed by atoms with Gasteiger partial charge >= 0.3 is 0 Å². The molecular formula is C24H28N4O2. The van der Waals surface area contributed by atoms with E-state index in [0.29, 0.717) is 25.5 Å². The van der Waals surface area contributed by atoms with E-state index in [9.17, 15) is 4.79 Å². The Morgan fingerprint density at radius 2 is 1.93 bits per heavy atom. The lowest BCUT2D eigenvalue weighted by molar-refractivity contribution is -0.117. The predicted octanol–water partition coefficient (Wildman–Crippen LogP) is 3.79. The van der Waals surface area contributed by atoms with Crippen molar-refractivity contribution < 1.29 is 9.53 Å². The Hall–Kier alpha value is -3.46. The van der Waals surface area contributed by atoms with Gasteiger partial charge in [-0.15, -0.1) is 6.42 Å². The smallest absolute Gasteiger partial charge is 0.227 e. The zero-order valence-corrected chi connectivity index (χ0v) is 17.5. The van der Waals surface area contributed by atoms with Gasteiger partial charge < -0.3 is 20.3 Å². The highest BCUT2D eigenvalue weighted by atomic mass is 16.5. The summed E-state index contributed by atoms with van der Waals surface area (Å²) in [5.41, 5.74) is 2.88. The van der Waals surface area contributed by atoms with Crippen molar-refractivity contribution in [1.82, 2.24) is 5.32 Å². The molecule has 2 aromatic carbocycles. The van der Waals surface area contributed by atoms with Crippen LogP contribution in [0.3, 0.4) is 0 Å². The summed E-state index contributed by atoms with van der Waals surface area (Å²) in [6, 6.07) is 15.7.